The lowest BCUT2D eigenvalue weighted by molar-refractivity contribution is 0.393. The van der Waals surface area contributed by atoms with E-state index in [9.17, 15) is 4.39 Å². The Morgan fingerprint density at radius 2 is 1.86 bits per heavy atom. The van der Waals surface area contributed by atoms with Gasteiger partial charge in [-0.2, -0.15) is 0 Å². The number of nitrogens with zero attached hydrogens (tertiary/aromatic N) is 5. The molecule has 0 spiro atoms. The summed E-state index contributed by atoms with van der Waals surface area (Å²) in [5.41, 5.74) is 6.23. The van der Waals surface area contributed by atoms with Gasteiger partial charge in [0.2, 0.25) is 0 Å². The molecule has 0 saturated heterocycles. The molecular formula is C28H22FN5O2. The van der Waals surface area contributed by atoms with Crippen LogP contribution >= 0.6 is 0 Å². The molecule has 0 aliphatic rings. The molecule has 0 N–H and O–H groups in total. The van der Waals surface area contributed by atoms with Crippen molar-refractivity contribution in [3.63, 3.8) is 0 Å². The summed E-state index contributed by atoms with van der Waals surface area (Å²) in [6.07, 6.45) is 3.44. The molecule has 0 radical (unpaired) electrons. The highest BCUT2D eigenvalue weighted by molar-refractivity contribution is 6.17. The first-order valence-corrected chi connectivity index (χ1v) is 11.4. The van der Waals surface area contributed by atoms with Gasteiger partial charge in [0, 0.05) is 34.3 Å². The van der Waals surface area contributed by atoms with Crippen LogP contribution in [-0.4, -0.2) is 31.8 Å². The predicted octanol–water partition coefficient (Wildman–Crippen LogP) is 6.63. The van der Waals surface area contributed by atoms with E-state index in [2.05, 4.69) is 16.7 Å². The molecule has 178 valence electrons. The Labute approximate surface area is 205 Å². The molecule has 7 nitrogen and oxygen atoms in total. The molecule has 6 rings (SSSR count). The number of fused-ring (bicyclic) bond motifs is 4. The molecule has 0 amide bonds. The van der Waals surface area contributed by atoms with Gasteiger partial charge in [-0.15, -0.1) is 0 Å². The summed E-state index contributed by atoms with van der Waals surface area (Å²) in [5.74, 6) is 1.62. The molecule has 6 aromatic rings. The van der Waals surface area contributed by atoms with Crippen LogP contribution in [0.5, 0.6) is 5.75 Å². The maximum Gasteiger partial charge on any atom is 0.149 e. The average Bonchev–Trinajstić information content (AvgIpc) is 3.36. The van der Waals surface area contributed by atoms with Crippen molar-refractivity contribution in [2.75, 3.05) is 7.11 Å². The van der Waals surface area contributed by atoms with E-state index in [1.807, 2.05) is 43.5 Å². The van der Waals surface area contributed by atoms with Crippen molar-refractivity contribution in [1.29, 1.82) is 0 Å². The maximum absolute atomic E-state index is 14.3. The first-order chi connectivity index (χ1) is 17.4. The molecule has 0 unspecified atom stereocenters. The Kier molecular flexibility index (Phi) is 4.86. The van der Waals surface area contributed by atoms with E-state index in [-0.39, 0.29) is 5.82 Å². The van der Waals surface area contributed by atoms with E-state index in [4.69, 9.17) is 19.2 Å². The van der Waals surface area contributed by atoms with Gasteiger partial charge in [0.15, 0.2) is 0 Å². The zero-order chi connectivity index (χ0) is 25.1. The Balaban J connectivity index is 1.78. The number of halogens is 1. The largest absolute Gasteiger partial charge is 0.496 e. The topological polar surface area (TPSA) is 78.9 Å². The van der Waals surface area contributed by atoms with E-state index >= 15 is 0 Å². The van der Waals surface area contributed by atoms with Crippen molar-refractivity contribution in [1.82, 2.24) is 24.7 Å². The summed E-state index contributed by atoms with van der Waals surface area (Å²) < 4.78 is 27.5. The summed E-state index contributed by atoms with van der Waals surface area (Å²) in [7, 11) is 1.64. The molecule has 36 heavy (non-hydrogen) atoms. The molecule has 4 heterocycles. The SMILES string of the molecule is C=Cn1c2cc(-c3c(C)noc3C)c(OC)cc2c2c(-c3ccnc4ccc(F)cc34)nc(C)nc21. The molecule has 2 aromatic carbocycles. The van der Waals surface area contributed by atoms with Crippen LogP contribution in [0.25, 0.3) is 61.4 Å². The Morgan fingerprint density at radius 3 is 2.58 bits per heavy atom. The van der Waals surface area contributed by atoms with Crippen LogP contribution in [0, 0.1) is 26.6 Å². The van der Waals surface area contributed by atoms with Gasteiger partial charge in [-0.1, -0.05) is 11.7 Å². The zero-order valence-electron chi connectivity index (χ0n) is 20.3. The predicted molar refractivity (Wildman–Crippen MR) is 138 cm³/mol. The van der Waals surface area contributed by atoms with Crippen LogP contribution in [0.3, 0.4) is 0 Å². The normalized spacial score (nSPS) is 11.6. The summed E-state index contributed by atoms with van der Waals surface area (Å²) in [6, 6.07) is 10.4. The molecule has 0 saturated carbocycles. The van der Waals surface area contributed by atoms with Crippen LogP contribution in [0.2, 0.25) is 0 Å². The molecule has 4 aromatic heterocycles. The Bertz CT molecular complexity index is 1830. The number of pyridine rings is 1. The first-order valence-electron chi connectivity index (χ1n) is 11.4. The number of methoxy groups -OCH3 is 1. The lowest BCUT2D eigenvalue weighted by Crippen LogP contribution is -1.97. The van der Waals surface area contributed by atoms with Gasteiger partial charge in [-0.05, 0) is 57.2 Å². The Morgan fingerprint density at radius 1 is 1.03 bits per heavy atom. The molecule has 0 bridgehead atoms. The average molecular weight is 480 g/mol. The minimum absolute atomic E-state index is 0.335. The van der Waals surface area contributed by atoms with E-state index in [0.29, 0.717) is 39.6 Å². The van der Waals surface area contributed by atoms with Crippen LogP contribution in [-0.2, 0) is 0 Å². The summed E-state index contributed by atoms with van der Waals surface area (Å²) >= 11 is 0. The van der Waals surface area contributed by atoms with Gasteiger partial charge >= 0.3 is 0 Å². The number of aromatic nitrogens is 5. The monoisotopic (exact) mass is 479 g/mol. The van der Waals surface area contributed by atoms with Crippen molar-refractivity contribution in [2.45, 2.75) is 20.8 Å². The quantitative estimate of drug-likeness (QED) is 0.282. The van der Waals surface area contributed by atoms with Gasteiger partial charge in [0.25, 0.3) is 0 Å². The van der Waals surface area contributed by atoms with Crippen molar-refractivity contribution >= 4 is 39.0 Å². The Hall–Kier alpha value is -4.59. The fraction of sp³-hybridized carbons (Fsp3) is 0.143. The van der Waals surface area contributed by atoms with E-state index in [1.165, 1.54) is 12.1 Å². The van der Waals surface area contributed by atoms with Crippen molar-refractivity contribution in [3.8, 4) is 28.1 Å². The van der Waals surface area contributed by atoms with E-state index < -0.39 is 0 Å². The number of ether oxygens (including phenoxy) is 1. The standard InChI is InChI=1S/C28H22FN5O2/c1-6-34-23-12-21(25-14(2)33-36-15(25)3)24(35-5)13-20(23)26-27(31-16(4)32-28(26)34)18-9-10-30-22-8-7-17(29)11-19(18)22/h6-13H,1H2,2-5H3. The summed E-state index contributed by atoms with van der Waals surface area (Å²) in [5, 5.41) is 6.49. The third kappa shape index (κ3) is 3.11. The van der Waals surface area contributed by atoms with E-state index in [1.54, 1.807) is 25.6 Å². The fourth-order valence-electron chi connectivity index (χ4n) is 5.00. The molecule has 0 fully saturated rings. The van der Waals surface area contributed by atoms with Gasteiger partial charge in [0.05, 0.1) is 40.5 Å². The first kappa shape index (κ1) is 21.9. The number of rotatable bonds is 4. The number of hydrogen-bond donors (Lipinski definition) is 0. The highest BCUT2D eigenvalue weighted by atomic mass is 19.1. The van der Waals surface area contributed by atoms with Gasteiger partial charge < -0.3 is 13.8 Å². The summed E-state index contributed by atoms with van der Waals surface area (Å²) in [4.78, 5) is 14.0. The van der Waals surface area contributed by atoms with Gasteiger partial charge in [-0.25, -0.2) is 14.4 Å². The molecule has 0 aliphatic heterocycles. The van der Waals surface area contributed by atoms with E-state index in [0.717, 1.165) is 38.7 Å². The second-order valence-corrected chi connectivity index (χ2v) is 8.66. The number of benzene rings is 2. The molecular weight excluding hydrogens is 457 g/mol. The highest BCUT2D eigenvalue weighted by Gasteiger charge is 2.23. The highest BCUT2D eigenvalue weighted by Crippen LogP contribution is 2.43. The summed E-state index contributed by atoms with van der Waals surface area (Å²) in [6.45, 7) is 9.67. The molecule has 0 atom stereocenters. The van der Waals surface area contributed by atoms with Crippen molar-refractivity contribution < 1.29 is 13.7 Å². The minimum Gasteiger partial charge on any atom is -0.496 e. The lowest BCUT2D eigenvalue weighted by Gasteiger charge is -2.10. The van der Waals surface area contributed by atoms with Crippen LogP contribution in [0.1, 0.15) is 17.3 Å². The number of aryl methyl sites for hydroxylation is 3. The van der Waals surface area contributed by atoms with Crippen LogP contribution in [0.15, 0.2) is 53.7 Å². The zero-order valence-corrected chi connectivity index (χ0v) is 20.3. The minimum atomic E-state index is -0.335. The third-order valence-corrected chi connectivity index (χ3v) is 6.52. The van der Waals surface area contributed by atoms with Gasteiger partial charge in [-0.3, -0.25) is 4.98 Å². The molecule has 8 heteroatoms. The smallest absolute Gasteiger partial charge is 0.149 e. The molecule has 0 aliphatic carbocycles. The second kappa shape index (κ2) is 7.98. The third-order valence-electron chi connectivity index (χ3n) is 6.52. The second-order valence-electron chi connectivity index (χ2n) is 8.66. The lowest BCUT2D eigenvalue weighted by atomic mass is 9.99. The van der Waals surface area contributed by atoms with Crippen molar-refractivity contribution in [3.05, 3.63) is 72.3 Å². The number of hydrogen-bond acceptors (Lipinski definition) is 6. The van der Waals surface area contributed by atoms with Gasteiger partial charge in [0.1, 0.15) is 28.8 Å². The van der Waals surface area contributed by atoms with Crippen molar-refractivity contribution in [2.24, 2.45) is 0 Å². The van der Waals surface area contributed by atoms with Crippen LogP contribution < -0.4 is 4.74 Å². The van der Waals surface area contributed by atoms with Crippen LogP contribution in [0.4, 0.5) is 4.39 Å². The maximum atomic E-state index is 14.3. The fourth-order valence-corrected chi connectivity index (χ4v) is 5.00.